The molecule has 1 fully saturated rings. The molecule has 0 saturated heterocycles. The topological polar surface area (TPSA) is 64.3 Å². The number of hydrogen-bond acceptors (Lipinski definition) is 3. The van der Waals surface area contributed by atoms with Crippen molar-refractivity contribution in [1.82, 2.24) is 5.32 Å². The van der Waals surface area contributed by atoms with Crippen molar-refractivity contribution in [3.8, 4) is 0 Å². The summed E-state index contributed by atoms with van der Waals surface area (Å²) < 4.78 is 5.24. The van der Waals surface area contributed by atoms with Crippen LogP contribution in [0.5, 0.6) is 0 Å². The Morgan fingerprint density at radius 3 is 2.12 bits per heavy atom. The highest BCUT2D eigenvalue weighted by Crippen LogP contribution is 2.41. The smallest absolute Gasteiger partial charge is 0.408 e. The lowest BCUT2D eigenvalue weighted by Crippen LogP contribution is -2.47. The standard InChI is InChI=1S/C12H24N2O2/c1-10(2,3)16-9(15)14-12(6-7-12)8-11(4,5)13/h6-8,13H2,1-5H3,(H,14,15). The molecule has 16 heavy (non-hydrogen) atoms. The molecule has 0 radical (unpaired) electrons. The highest BCUT2D eigenvalue weighted by Gasteiger charge is 2.47. The van der Waals surface area contributed by atoms with Gasteiger partial charge in [0.15, 0.2) is 0 Å². The van der Waals surface area contributed by atoms with Crippen molar-refractivity contribution >= 4 is 6.09 Å². The Labute approximate surface area is 97.9 Å². The number of carbonyl (C=O) groups is 1. The molecular weight excluding hydrogens is 204 g/mol. The predicted molar refractivity (Wildman–Crippen MR) is 64.2 cm³/mol. The van der Waals surface area contributed by atoms with E-state index >= 15 is 0 Å². The van der Waals surface area contributed by atoms with Gasteiger partial charge in [-0.1, -0.05) is 0 Å². The van der Waals surface area contributed by atoms with Crippen LogP contribution in [0.25, 0.3) is 0 Å². The van der Waals surface area contributed by atoms with Gasteiger partial charge in [0.25, 0.3) is 0 Å². The molecule has 1 amide bonds. The van der Waals surface area contributed by atoms with Gasteiger partial charge in [-0.05, 0) is 53.9 Å². The first-order valence-electron chi connectivity index (χ1n) is 5.82. The van der Waals surface area contributed by atoms with Crippen LogP contribution in [0.15, 0.2) is 0 Å². The first-order chi connectivity index (χ1) is 7.02. The van der Waals surface area contributed by atoms with Gasteiger partial charge in [-0.15, -0.1) is 0 Å². The van der Waals surface area contributed by atoms with Crippen LogP contribution >= 0.6 is 0 Å². The molecule has 0 aliphatic heterocycles. The van der Waals surface area contributed by atoms with Crippen LogP contribution in [0, 0.1) is 0 Å². The number of amides is 1. The van der Waals surface area contributed by atoms with E-state index in [0.29, 0.717) is 0 Å². The highest BCUT2D eigenvalue weighted by atomic mass is 16.6. The Kier molecular flexibility index (Phi) is 3.25. The van der Waals surface area contributed by atoms with Gasteiger partial charge in [0.05, 0.1) is 0 Å². The Bertz CT molecular complexity index is 270. The van der Waals surface area contributed by atoms with Gasteiger partial charge in [-0.25, -0.2) is 4.79 Å². The molecule has 1 rings (SSSR count). The number of rotatable bonds is 3. The quantitative estimate of drug-likeness (QED) is 0.778. The van der Waals surface area contributed by atoms with Crippen LogP contribution in [-0.4, -0.2) is 22.8 Å². The van der Waals surface area contributed by atoms with Gasteiger partial charge in [0.1, 0.15) is 5.60 Å². The maximum absolute atomic E-state index is 11.6. The average molecular weight is 228 g/mol. The van der Waals surface area contributed by atoms with Gasteiger partial charge < -0.3 is 15.8 Å². The van der Waals surface area contributed by atoms with Gasteiger partial charge in [0, 0.05) is 11.1 Å². The van der Waals surface area contributed by atoms with Crippen LogP contribution in [0.2, 0.25) is 0 Å². The third kappa shape index (κ3) is 4.84. The van der Waals surface area contributed by atoms with Crippen LogP contribution in [0.3, 0.4) is 0 Å². The fourth-order valence-electron chi connectivity index (χ4n) is 1.89. The van der Waals surface area contributed by atoms with Crippen molar-refractivity contribution in [3.05, 3.63) is 0 Å². The number of carbonyl (C=O) groups excluding carboxylic acids is 1. The summed E-state index contributed by atoms with van der Waals surface area (Å²) in [6.07, 6.45) is 2.44. The van der Waals surface area contributed by atoms with Gasteiger partial charge in [-0.3, -0.25) is 0 Å². The third-order valence-corrected chi connectivity index (χ3v) is 2.41. The zero-order valence-electron chi connectivity index (χ0n) is 11.0. The highest BCUT2D eigenvalue weighted by molar-refractivity contribution is 5.69. The second-order valence-electron chi connectivity index (χ2n) is 6.57. The van der Waals surface area contributed by atoms with E-state index in [2.05, 4.69) is 5.32 Å². The number of hydrogen-bond donors (Lipinski definition) is 2. The first kappa shape index (κ1) is 13.3. The lowest BCUT2D eigenvalue weighted by molar-refractivity contribution is 0.0488. The number of nitrogens with two attached hydrogens (primary N) is 1. The summed E-state index contributed by atoms with van der Waals surface area (Å²) in [6, 6.07) is 0. The van der Waals surface area contributed by atoms with Crippen molar-refractivity contribution in [2.24, 2.45) is 5.73 Å². The molecule has 0 aromatic carbocycles. The lowest BCUT2D eigenvalue weighted by atomic mass is 9.95. The summed E-state index contributed by atoms with van der Waals surface area (Å²) in [5.41, 5.74) is 5.14. The molecule has 4 nitrogen and oxygen atoms in total. The third-order valence-electron chi connectivity index (χ3n) is 2.41. The van der Waals surface area contributed by atoms with Gasteiger partial charge in [0.2, 0.25) is 0 Å². The monoisotopic (exact) mass is 228 g/mol. The van der Waals surface area contributed by atoms with Gasteiger partial charge >= 0.3 is 6.09 Å². The molecule has 0 spiro atoms. The molecule has 0 aromatic heterocycles. The zero-order valence-corrected chi connectivity index (χ0v) is 11.0. The molecular formula is C12H24N2O2. The summed E-state index contributed by atoms with van der Waals surface area (Å²) in [7, 11) is 0. The molecule has 0 heterocycles. The molecule has 0 aromatic rings. The fraction of sp³-hybridized carbons (Fsp3) is 0.917. The number of alkyl carbamates (subject to hydrolysis) is 1. The van der Waals surface area contributed by atoms with E-state index < -0.39 is 5.60 Å². The Hall–Kier alpha value is -0.770. The number of ether oxygens (including phenoxy) is 1. The van der Waals surface area contributed by atoms with Crippen LogP contribution in [0.4, 0.5) is 4.79 Å². The minimum Gasteiger partial charge on any atom is -0.444 e. The van der Waals surface area contributed by atoms with E-state index in [1.54, 1.807) is 0 Å². The van der Waals surface area contributed by atoms with E-state index in [0.717, 1.165) is 19.3 Å². The van der Waals surface area contributed by atoms with E-state index in [-0.39, 0.29) is 17.2 Å². The van der Waals surface area contributed by atoms with Crippen molar-refractivity contribution in [2.75, 3.05) is 0 Å². The molecule has 94 valence electrons. The molecule has 1 aliphatic rings. The summed E-state index contributed by atoms with van der Waals surface area (Å²) in [6.45, 7) is 9.53. The van der Waals surface area contributed by atoms with Crippen molar-refractivity contribution in [2.45, 2.75) is 70.6 Å². The molecule has 4 heteroatoms. The maximum Gasteiger partial charge on any atom is 0.408 e. The van der Waals surface area contributed by atoms with Crippen LogP contribution < -0.4 is 11.1 Å². The summed E-state index contributed by atoms with van der Waals surface area (Å²) in [5.74, 6) is 0. The van der Waals surface area contributed by atoms with Crippen molar-refractivity contribution in [3.63, 3.8) is 0 Å². The SMILES string of the molecule is CC(C)(N)CC1(NC(=O)OC(C)(C)C)CC1. The fourth-order valence-corrected chi connectivity index (χ4v) is 1.89. The minimum absolute atomic E-state index is 0.124. The summed E-state index contributed by atoms with van der Waals surface area (Å²) >= 11 is 0. The zero-order chi connectivity index (χ0) is 12.6. The first-order valence-corrected chi connectivity index (χ1v) is 5.82. The molecule has 0 unspecified atom stereocenters. The lowest BCUT2D eigenvalue weighted by Gasteiger charge is -2.28. The Morgan fingerprint density at radius 2 is 1.81 bits per heavy atom. The van der Waals surface area contributed by atoms with E-state index in [1.165, 1.54) is 0 Å². The normalized spacial score (nSPS) is 19.1. The molecule has 0 atom stereocenters. The minimum atomic E-state index is -0.446. The summed E-state index contributed by atoms with van der Waals surface area (Å²) in [5, 5.41) is 2.94. The Morgan fingerprint density at radius 1 is 1.31 bits per heavy atom. The predicted octanol–water partition coefficient (Wildman–Crippen LogP) is 2.17. The average Bonchev–Trinajstić information content (AvgIpc) is 2.58. The molecule has 3 N–H and O–H groups in total. The van der Waals surface area contributed by atoms with Crippen molar-refractivity contribution in [1.29, 1.82) is 0 Å². The van der Waals surface area contributed by atoms with Gasteiger partial charge in [-0.2, -0.15) is 0 Å². The largest absolute Gasteiger partial charge is 0.444 e. The molecule has 0 bridgehead atoms. The number of nitrogens with one attached hydrogen (secondary N) is 1. The molecule has 1 aliphatic carbocycles. The second kappa shape index (κ2) is 3.91. The summed E-state index contributed by atoms with van der Waals surface area (Å²) in [4.78, 5) is 11.6. The second-order valence-corrected chi connectivity index (χ2v) is 6.57. The maximum atomic E-state index is 11.6. The van der Waals surface area contributed by atoms with Crippen LogP contribution in [0.1, 0.15) is 53.9 Å². The van der Waals surface area contributed by atoms with E-state index in [1.807, 2.05) is 34.6 Å². The van der Waals surface area contributed by atoms with Crippen LogP contribution in [-0.2, 0) is 4.74 Å². The van der Waals surface area contributed by atoms with E-state index in [4.69, 9.17) is 10.5 Å². The Balaban J connectivity index is 2.45. The van der Waals surface area contributed by atoms with Crippen molar-refractivity contribution < 1.29 is 9.53 Å². The molecule has 1 saturated carbocycles. The van der Waals surface area contributed by atoms with E-state index in [9.17, 15) is 4.79 Å².